The van der Waals surface area contributed by atoms with Crippen LogP contribution >= 0.6 is 11.8 Å². The third-order valence-corrected chi connectivity index (χ3v) is 8.90. The molecule has 7 nitrogen and oxygen atoms in total. The molecule has 3 aromatic rings. The number of nitrogens with one attached hydrogen (secondary N) is 1. The van der Waals surface area contributed by atoms with Crippen LogP contribution < -0.4 is 9.62 Å². The van der Waals surface area contributed by atoms with E-state index in [1.54, 1.807) is 43.3 Å². The van der Waals surface area contributed by atoms with E-state index in [0.717, 1.165) is 25.9 Å². The van der Waals surface area contributed by atoms with E-state index >= 15 is 0 Å². The number of anilines is 1. The van der Waals surface area contributed by atoms with Crippen molar-refractivity contribution in [3.05, 3.63) is 89.5 Å². The highest BCUT2D eigenvalue weighted by Gasteiger charge is 2.32. The molecule has 2 amide bonds. The second-order valence-corrected chi connectivity index (χ2v) is 11.8. The van der Waals surface area contributed by atoms with E-state index in [2.05, 4.69) is 5.32 Å². The summed E-state index contributed by atoms with van der Waals surface area (Å²) in [6.45, 7) is 7.47. The van der Waals surface area contributed by atoms with Gasteiger partial charge in [-0.25, -0.2) is 8.42 Å². The Bertz CT molecular complexity index is 1360. The first-order valence-corrected chi connectivity index (χ1v) is 15.1. The summed E-state index contributed by atoms with van der Waals surface area (Å²) in [7, 11) is -4.08. The Kier molecular flexibility index (Phi) is 9.99. The van der Waals surface area contributed by atoms with E-state index in [-0.39, 0.29) is 17.3 Å². The number of rotatable bonds is 11. The summed E-state index contributed by atoms with van der Waals surface area (Å²) in [5.74, 6) is -0.774. The normalized spacial score (nSPS) is 12.0. The molecule has 3 aromatic carbocycles. The van der Waals surface area contributed by atoms with Crippen LogP contribution in [0.2, 0.25) is 0 Å². The molecule has 3 rings (SSSR count). The van der Waals surface area contributed by atoms with Gasteiger partial charge in [-0.15, -0.1) is 11.8 Å². The molecule has 0 aliphatic carbocycles. The van der Waals surface area contributed by atoms with E-state index in [1.807, 2.05) is 63.4 Å². The van der Waals surface area contributed by atoms with Gasteiger partial charge in [0, 0.05) is 18.0 Å². The van der Waals surface area contributed by atoms with Gasteiger partial charge in [0.05, 0.1) is 10.6 Å². The lowest BCUT2D eigenvalue weighted by atomic mass is 10.1. The number of benzene rings is 3. The van der Waals surface area contributed by atoms with Gasteiger partial charge in [-0.3, -0.25) is 13.9 Å². The van der Waals surface area contributed by atoms with Gasteiger partial charge >= 0.3 is 0 Å². The van der Waals surface area contributed by atoms with Crippen molar-refractivity contribution in [1.29, 1.82) is 0 Å². The summed E-state index contributed by atoms with van der Waals surface area (Å²) in [5, 5.41) is 2.77. The average Bonchev–Trinajstić information content (AvgIpc) is 2.91. The molecule has 0 saturated heterocycles. The topological polar surface area (TPSA) is 86.8 Å². The third-order valence-electron chi connectivity index (χ3n) is 6.37. The van der Waals surface area contributed by atoms with Crippen LogP contribution in [0.3, 0.4) is 0 Å². The van der Waals surface area contributed by atoms with Gasteiger partial charge in [0.2, 0.25) is 11.8 Å². The lowest BCUT2D eigenvalue weighted by molar-refractivity contribution is -0.139. The smallest absolute Gasteiger partial charge is 0.264 e. The Labute approximate surface area is 230 Å². The highest BCUT2D eigenvalue weighted by Crippen LogP contribution is 2.26. The maximum Gasteiger partial charge on any atom is 0.264 e. The van der Waals surface area contributed by atoms with Crippen molar-refractivity contribution in [3.63, 3.8) is 0 Å². The minimum absolute atomic E-state index is 0.0888. The molecule has 1 atom stereocenters. The molecule has 0 saturated carbocycles. The van der Waals surface area contributed by atoms with Crippen molar-refractivity contribution >= 4 is 39.3 Å². The Morgan fingerprint density at radius 3 is 2.16 bits per heavy atom. The number of hydrogen-bond acceptors (Lipinski definition) is 5. The van der Waals surface area contributed by atoms with E-state index in [4.69, 9.17) is 0 Å². The van der Waals surface area contributed by atoms with Crippen molar-refractivity contribution in [2.75, 3.05) is 23.7 Å². The Morgan fingerprint density at radius 1 is 0.947 bits per heavy atom. The van der Waals surface area contributed by atoms with E-state index in [0.29, 0.717) is 12.2 Å². The molecule has 1 N–H and O–H groups in total. The van der Waals surface area contributed by atoms with E-state index in [1.165, 1.54) is 16.7 Å². The maximum atomic E-state index is 13.9. The number of likely N-dealkylation sites (N-methyl/N-ethyl adjacent to an activating group) is 1. The molecule has 0 spiro atoms. The highest BCUT2D eigenvalue weighted by atomic mass is 32.2. The van der Waals surface area contributed by atoms with Crippen LogP contribution in [0.15, 0.2) is 82.6 Å². The molecule has 0 unspecified atom stereocenters. The SMILES string of the molecule is CCNC(=O)[C@H](C)N(Cc1ccccc1C)C(=O)CN(c1ccc(C)cc1)S(=O)(=O)c1ccc(SC)cc1. The summed E-state index contributed by atoms with van der Waals surface area (Å²) in [4.78, 5) is 29.1. The number of sulfonamides is 1. The van der Waals surface area contributed by atoms with Gasteiger partial charge in [0.25, 0.3) is 10.0 Å². The lowest BCUT2D eigenvalue weighted by Crippen LogP contribution is -2.51. The number of thioether (sulfide) groups is 1. The molecule has 38 heavy (non-hydrogen) atoms. The predicted molar refractivity (Wildman–Crippen MR) is 154 cm³/mol. The standard InChI is InChI=1S/C29H35N3O4S2/c1-6-30-29(34)23(4)31(19-24-10-8-7-9-22(24)3)28(33)20-32(25-13-11-21(2)12-14-25)38(35,36)27-17-15-26(37-5)16-18-27/h7-18,23H,6,19-20H2,1-5H3,(H,30,34)/t23-/m0/s1. The maximum absolute atomic E-state index is 13.9. The fourth-order valence-electron chi connectivity index (χ4n) is 3.99. The number of aryl methyl sites for hydroxylation is 2. The summed E-state index contributed by atoms with van der Waals surface area (Å²) >= 11 is 1.51. The molecule has 0 aliphatic rings. The molecule has 0 bridgehead atoms. The average molecular weight is 554 g/mol. The largest absolute Gasteiger partial charge is 0.355 e. The van der Waals surface area contributed by atoms with Gasteiger partial charge < -0.3 is 10.2 Å². The summed E-state index contributed by atoms with van der Waals surface area (Å²) < 4.78 is 28.8. The fourth-order valence-corrected chi connectivity index (χ4v) is 5.81. The molecular formula is C29H35N3O4S2. The summed E-state index contributed by atoms with van der Waals surface area (Å²) in [6, 6.07) is 20.4. The Balaban J connectivity index is 2.03. The molecule has 0 aliphatic heterocycles. The van der Waals surface area contributed by atoms with Crippen molar-refractivity contribution in [2.45, 2.75) is 50.1 Å². The zero-order valence-corrected chi connectivity index (χ0v) is 24.1. The van der Waals surface area contributed by atoms with E-state index < -0.39 is 28.5 Å². The second kappa shape index (κ2) is 13.0. The van der Waals surface area contributed by atoms with Crippen LogP contribution in [0.5, 0.6) is 0 Å². The quantitative estimate of drug-likeness (QED) is 0.346. The molecule has 9 heteroatoms. The Hall–Kier alpha value is -3.30. The van der Waals surface area contributed by atoms with Gasteiger partial charge in [0.15, 0.2) is 0 Å². The Morgan fingerprint density at radius 2 is 1.58 bits per heavy atom. The number of amides is 2. The zero-order chi connectivity index (χ0) is 27.9. The van der Waals surface area contributed by atoms with Gasteiger partial charge in [-0.2, -0.15) is 0 Å². The molecule has 0 fully saturated rings. The first-order valence-electron chi connectivity index (χ1n) is 12.4. The highest BCUT2D eigenvalue weighted by molar-refractivity contribution is 7.98. The predicted octanol–water partition coefficient (Wildman–Crippen LogP) is 4.77. The van der Waals surface area contributed by atoms with Crippen LogP contribution in [-0.4, -0.2) is 50.5 Å². The van der Waals surface area contributed by atoms with Crippen molar-refractivity contribution in [2.24, 2.45) is 0 Å². The molecule has 0 aromatic heterocycles. The van der Waals surface area contributed by atoms with Crippen LogP contribution in [0.1, 0.15) is 30.5 Å². The van der Waals surface area contributed by atoms with Gasteiger partial charge in [-0.05, 0) is 81.5 Å². The zero-order valence-electron chi connectivity index (χ0n) is 22.5. The minimum atomic E-state index is -4.08. The van der Waals surface area contributed by atoms with Crippen molar-refractivity contribution in [3.8, 4) is 0 Å². The first kappa shape index (κ1) is 29.3. The summed E-state index contributed by atoms with van der Waals surface area (Å²) in [6.07, 6.45) is 1.92. The van der Waals surface area contributed by atoms with Crippen LogP contribution in [0.25, 0.3) is 0 Å². The number of nitrogens with zero attached hydrogens (tertiary/aromatic N) is 2. The van der Waals surface area contributed by atoms with Gasteiger partial charge in [0.1, 0.15) is 12.6 Å². The third kappa shape index (κ3) is 6.96. The summed E-state index contributed by atoms with van der Waals surface area (Å²) in [5.41, 5.74) is 3.20. The monoisotopic (exact) mass is 553 g/mol. The first-order chi connectivity index (χ1) is 18.1. The molecule has 202 valence electrons. The second-order valence-electron chi connectivity index (χ2n) is 9.04. The number of carbonyl (C=O) groups is 2. The number of hydrogen-bond donors (Lipinski definition) is 1. The molecule has 0 radical (unpaired) electrons. The van der Waals surface area contributed by atoms with Crippen molar-refractivity contribution < 1.29 is 18.0 Å². The van der Waals surface area contributed by atoms with Crippen LogP contribution in [-0.2, 0) is 26.2 Å². The molecule has 0 heterocycles. The van der Waals surface area contributed by atoms with E-state index in [9.17, 15) is 18.0 Å². The lowest BCUT2D eigenvalue weighted by Gasteiger charge is -2.32. The fraction of sp³-hybridized carbons (Fsp3) is 0.310. The van der Waals surface area contributed by atoms with Crippen LogP contribution in [0, 0.1) is 13.8 Å². The number of carbonyl (C=O) groups excluding carboxylic acids is 2. The van der Waals surface area contributed by atoms with Crippen LogP contribution in [0.4, 0.5) is 5.69 Å². The molecular weight excluding hydrogens is 518 g/mol. The van der Waals surface area contributed by atoms with Crippen molar-refractivity contribution in [1.82, 2.24) is 10.2 Å². The van der Waals surface area contributed by atoms with Gasteiger partial charge in [-0.1, -0.05) is 42.0 Å². The minimum Gasteiger partial charge on any atom is -0.355 e.